The zero-order valence-corrected chi connectivity index (χ0v) is 14.0. The fourth-order valence-electron chi connectivity index (χ4n) is 2.27. The monoisotopic (exact) mass is 356 g/mol. The Morgan fingerprint density at radius 3 is 2.81 bits per heavy atom. The quantitative estimate of drug-likeness (QED) is 0.870. The van der Waals surface area contributed by atoms with Crippen LogP contribution in [0.2, 0.25) is 5.02 Å². The molecule has 1 aliphatic heterocycles. The molecule has 2 atom stereocenters. The molecule has 2 rings (SSSR count). The second-order valence-electron chi connectivity index (χ2n) is 5.20. The van der Waals surface area contributed by atoms with Crippen LogP contribution in [-0.2, 0) is 15.8 Å². The van der Waals surface area contributed by atoms with Crippen LogP contribution < -0.4 is 10.0 Å². The van der Waals surface area contributed by atoms with Crippen LogP contribution in [0.5, 0.6) is 0 Å². The van der Waals surface area contributed by atoms with E-state index in [2.05, 4.69) is 10.0 Å². The molecule has 0 radical (unpaired) electrons. The van der Waals surface area contributed by atoms with Crippen LogP contribution in [0.1, 0.15) is 18.9 Å². The molecule has 2 N–H and O–H groups in total. The maximum atomic E-state index is 13.1. The Balaban J connectivity index is 0.00000220. The van der Waals surface area contributed by atoms with E-state index >= 15 is 0 Å². The van der Waals surface area contributed by atoms with Crippen LogP contribution in [0, 0.1) is 11.7 Å². The lowest BCUT2D eigenvalue weighted by Gasteiger charge is -2.30. The lowest BCUT2D eigenvalue weighted by Crippen LogP contribution is -2.50. The summed E-state index contributed by atoms with van der Waals surface area (Å²) in [4.78, 5) is 0. The lowest BCUT2D eigenvalue weighted by atomic mass is 9.96. The molecule has 0 amide bonds. The summed E-state index contributed by atoms with van der Waals surface area (Å²) in [6.07, 6.45) is 0.940. The van der Waals surface area contributed by atoms with Gasteiger partial charge < -0.3 is 5.32 Å². The van der Waals surface area contributed by atoms with Crippen molar-refractivity contribution in [3.8, 4) is 0 Å². The number of halogens is 3. The van der Waals surface area contributed by atoms with E-state index in [-0.39, 0.29) is 29.2 Å². The van der Waals surface area contributed by atoms with Crippen molar-refractivity contribution in [2.75, 3.05) is 13.1 Å². The van der Waals surface area contributed by atoms with E-state index in [4.69, 9.17) is 11.6 Å². The van der Waals surface area contributed by atoms with Gasteiger partial charge in [0.25, 0.3) is 0 Å². The maximum absolute atomic E-state index is 13.1. The molecule has 1 heterocycles. The van der Waals surface area contributed by atoms with Gasteiger partial charge in [0.1, 0.15) is 5.82 Å². The second kappa shape index (κ2) is 7.74. The predicted molar refractivity (Wildman–Crippen MR) is 84.9 cm³/mol. The minimum Gasteiger partial charge on any atom is -0.315 e. The highest BCUT2D eigenvalue weighted by Gasteiger charge is 2.25. The van der Waals surface area contributed by atoms with Gasteiger partial charge in [-0.1, -0.05) is 24.6 Å². The second-order valence-corrected chi connectivity index (χ2v) is 7.36. The summed E-state index contributed by atoms with van der Waals surface area (Å²) in [5, 5.41) is 3.11. The molecule has 1 aromatic carbocycles. The van der Waals surface area contributed by atoms with Crippen LogP contribution in [0.25, 0.3) is 0 Å². The number of sulfonamides is 1. The van der Waals surface area contributed by atoms with Crippen LogP contribution >= 0.6 is 24.0 Å². The minimum atomic E-state index is -3.47. The molecule has 1 aliphatic rings. The molecular weight excluding hydrogens is 338 g/mol. The van der Waals surface area contributed by atoms with Crippen molar-refractivity contribution >= 4 is 34.0 Å². The molecule has 21 heavy (non-hydrogen) atoms. The first kappa shape index (κ1) is 18.6. The smallest absolute Gasteiger partial charge is 0.216 e. The lowest BCUT2D eigenvalue weighted by molar-refractivity contribution is 0.327. The number of benzene rings is 1. The highest BCUT2D eigenvalue weighted by Crippen LogP contribution is 2.18. The average molecular weight is 357 g/mol. The van der Waals surface area contributed by atoms with Crippen molar-refractivity contribution in [1.29, 1.82) is 0 Å². The summed E-state index contributed by atoms with van der Waals surface area (Å²) in [7, 11) is -3.47. The van der Waals surface area contributed by atoms with E-state index in [1.165, 1.54) is 18.2 Å². The Kier molecular flexibility index (Phi) is 6.87. The molecule has 120 valence electrons. The normalized spacial score (nSPS) is 22.6. The Labute approximate surface area is 135 Å². The van der Waals surface area contributed by atoms with Gasteiger partial charge in [-0.2, -0.15) is 0 Å². The molecule has 4 nitrogen and oxygen atoms in total. The Hall–Kier alpha value is -0.400. The molecule has 1 saturated heterocycles. The van der Waals surface area contributed by atoms with Crippen molar-refractivity contribution in [2.45, 2.75) is 25.1 Å². The van der Waals surface area contributed by atoms with Gasteiger partial charge in [-0.15, -0.1) is 12.4 Å². The molecule has 1 fully saturated rings. The van der Waals surface area contributed by atoms with Gasteiger partial charge in [-0.05, 0) is 36.6 Å². The van der Waals surface area contributed by atoms with Crippen LogP contribution in [0.15, 0.2) is 18.2 Å². The highest BCUT2D eigenvalue weighted by molar-refractivity contribution is 7.88. The fourth-order valence-corrected chi connectivity index (χ4v) is 3.95. The third-order valence-electron chi connectivity index (χ3n) is 3.50. The summed E-state index contributed by atoms with van der Waals surface area (Å²) >= 11 is 5.66. The molecule has 0 bridgehead atoms. The van der Waals surface area contributed by atoms with E-state index in [0.717, 1.165) is 13.0 Å². The molecule has 0 aliphatic carbocycles. The third kappa shape index (κ3) is 5.38. The summed E-state index contributed by atoms with van der Waals surface area (Å²) in [5.41, 5.74) is 0.473. The molecule has 1 aromatic rings. The average Bonchev–Trinajstić information content (AvgIpc) is 2.36. The zero-order valence-electron chi connectivity index (χ0n) is 11.6. The van der Waals surface area contributed by atoms with Crippen molar-refractivity contribution in [2.24, 2.45) is 5.92 Å². The van der Waals surface area contributed by atoms with Gasteiger partial charge in [0.05, 0.1) is 10.8 Å². The fraction of sp³-hybridized carbons (Fsp3) is 0.538. The number of rotatable bonds is 4. The SMILES string of the molecule is CC1CCNCC1NS(=O)(=O)Cc1ccc(F)c(Cl)c1.Cl. The summed E-state index contributed by atoms with van der Waals surface area (Å²) in [6, 6.07) is 3.85. The largest absolute Gasteiger partial charge is 0.315 e. The first-order chi connectivity index (χ1) is 9.37. The standard InChI is InChI=1S/C13H18ClFN2O2S.ClH/c1-9-4-5-16-7-13(9)17-20(18,19)8-10-2-3-12(15)11(14)6-10;/h2-3,6,9,13,16-17H,4-5,7-8H2,1H3;1H. The number of hydrogen-bond donors (Lipinski definition) is 2. The number of nitrogens with one attached hydrogen (secondary N) is 2. The van der Waals surface area contributed by atoms with E-state index in [9.17, 15) is 12.8 Å². The van der Waals surface area contributed by atoms with Gasteiger partial charge in [0.2, 0.25) is 10.0 Å². The van der Waals surface area contributed by atoms with Gasteiger partial charge in [-0.3, -0.25) is 0 Å². The predicted octanol–water partition coefficient (Wildman–Crippen LogP) is 2.32. The molecule has 0 spiro atoms. The van der Waals surface area contributed by atoms with Crippen molar-refractivity contribution in [3.63, 3.8) is 0 Å². The Bertz CT molecular complexity index is 584. The molecular formula is C13H19Cl2FN2O2S. The minimum absolute atomic E-state index is 0. The van der Waals surface area contributed by atoms with Gasteiger partial charge in [0.15, 0.2) is 0 Å². The number of hydrogen-bond acceptors (Lipinski definition) is 3. The zero-order chi connectivity index (χ0) is 14.8. The third-order valence-corrected chi connectivity index (χ3v) is 5.16. The van der Waals surface area contributed by atoms with Gasteiger partial charge >= 0.3 is 0 Å². The summed E-state index contributed by atoms with van der Waals surface area (Å²) < 4.78 is 40.0. The van der Waals surface area contributed by atoms with Crippen LogP contribution in [0.3, 0.4) is 0 Å². The Morgan fingerprint density at radius 1 is 1.48 bits per heavy atom. The number of piperidine rings is 1. The van der Waals surface area contributed by atoms with Crippen LogP contribution in [0.4, 0.5) is 4.39 Å². The topological polar surface area (TPSA) is 58.2 Å². The molecule has 0 saturated carbocycles. The van der Waals surface area contributed by atoms with Crippen LogP contribution in [-0.4, -0.2) is 27.5 Å². The van der Waals surface area contributed by atoms with Crippen molar-refractivity contribution in [3.05, 3.63) is 34.6 Å². The first-order valence-corrected chi connectivity index (χ1v) is 8.55. The summed E-state index contributed by atoms with van der Waals surface area (Å²) in [5.74, 6) is -0.454. The van der Waals surface area contributed by atoms with E-state index < -0.39 is 15.8 Å². The van der Waals surface area contributed by atoms with E-state index in [1.54, 1.807) is 0 Å². The van der Waals surface area contributed by atoms with Gasteiger partial charge in [-0.25, -0.2) is 17.5 Å². The highest BCUT2D eigenvalue weighted by atomic mass is 35.5. The van der Waals surface area contributed by atoms with E-state index in [0.29, 0.717) is 18.0 Å². The first-order valence-electron chi connectivity index (χ1n) is 6.52. The molecule has 2 unspecified atom stereocenters. The van der Waals surface area contributed by atoms with Gasteiger partial charge in [0, 0.05) is 12.6 Å². The summed E-state index contributed by atoms with van der Waals surface area (Å²) in [6.45, 7) is 3.57. The Morgan fingerprint density at radius 2 is 2.19 bits per heavy atom. The molecule has 0 aromatic heterocycles. The molecule has 8 heteroatoms. The van der Waals surface area contributed by atoms with Crippen molar-refractivity contribution < 1.29 is 12.8 Å². The van der Waals surface area contributed by atoms with Crippen molar-refractivity contribution in [1.82, 2.24) is 10.0 Å². The van der Waals surface area contributed by atoms with E-state index in [1.807, 2.05) is 6.92 Å². The maximum Gasteiger partial charge on any atom is 0.216 e.